The van der Waals surface area contributed by atoms with Gasteiger partial charge in [0.15, 0.2) is 17.5 Å². The van der Waals surface area contributed by atoms with Crippen LogP contribution in [-0.2, 0) is 0 Å². The van der Waals surface area contributed by atoms with Gasteiger partial charge in [-0.05, 0) is 29.1 Å². The minimum absolute atomic E-state index is 0. The number of nitrogens with one attached hydrogen (secondary N) is 1. The normalized spacial score (nSPS) is 17.0. The average Bonchev–Trinajstić information content (AvgIpc) is 3.00. The molecule has 1 aromatic heterocycles. The molecular formula is C15H16ClF3N2S. The second kappa shape index (κ2) is 7.46. The van der Waals surface area contributed by atoms with E-state index in [1.165, 1.54) is 11.3 Å². The zero-order valence-electron chi connectivity index (χ0n) is 11.7. The van der Waals surface area contributed by atoms with E-state index < -0.39 is 17.5 Å². The van der Waals surface area contributed by atoms with Gasteiger partial charge < -0.3 is 5.32 Å². The van der Waals surface area contributed by atoms with Crippen LogP contribution >= 0.6 is 23.7 Å². The number of halogens is 4. The molecule has 0 saturated carbocycles. The lowest BCUT2D eigenvalue weighted by Crippen LogP contribution is -2.45. The molecule has 0 spiro atoms. The lowest BCUT2D eigenvalue weighted by Gasteiger charge is -2.34. The summed E-state index contributed by atoms with van der Waals surface area (Å²) in [6.07, 6.45) is 0. The summed E-state index contributed by atoms with van der Waals surface area (Å²) in [7, 11) is 0. The van der Waals surface area contributed by atoms with Gasteiger partial charge in [-0.25, -0.2) is 13.2 Å². The van der Waals surface area contributed by atoms with Crippen LogP contribution in [0.5, 0.6) is 0 Å². The monoisotopic (exact) mass is 348 g/mol. The molecule has 2 heterocycles. The van der Waals surface area contributed by atoms with Gasteiger partial charge in [0.2, 0.25) is 0 Å². The molecule has 1 fully saturated rings. The summed E-state index contributed by atoms with van der Waals surface area (Å²) in [5.41, 5.74) is 0.454. The molecule has 1 saturated heterocycles. The van der Waals surface area contributed by atoms with Gasteiger partial charge in [0, 0.05) is 31.1 Å². The molecule has 1 N–H and O–H groups in total. The maximum absolute atomic E-state index is 13.6. The molecule has 7 heteroatoms. The van der Waals surface area contributed by atoms with Crippen LogP contribution in [0, 0.1) is 17.5 Å². The Bertz CT molecular complexity index is 592. The summed E-state index contributed by atoms with van der Waals surface area (Å²) in [5.74, 6) is -3.69. The molecule has 1 aromatic carbocycles. The molecule has 2 aromatic rings. The fraction of sp³-hybridized carbons (Fsp3) is 0.333. The van der Waals surface area contributed by atoms with Crippen molar-refractivity contribution in [3.05, 3.63) is 57.5 Å². The number of thiophene rings is 1. The van der Waals surface area contributed by atoms with E-state index in [2.05, 4.69) is 10.2 Å². The van der Waals surface area contributed by atoms with Gasteiger partial charge in [-0.15, -0.1) is 23.7 Å². The standard InChI is InChI=1S/C15H15F3N2S.ClH/c16-11-8-10(9-12(17)14(11)18)15(13-2-1-7-21-13)20-5-3-19-4-6-20;/h1-2,7-9,15,19H,3-6H2;1H/t15-;/m1./s1. The molecule has 0 amide bonds. The summed E-state index contributed by atoms with van der Waals surface area (Å²) >= 11 is 1.53. The van der Waals surface area contributed by atoms with E-state index in [1.807, 2.05) is 17.5 Å². The number of hydrogen-bond acceptors (Lipinski definition) is 3. The Morgan fingerprint density at radius 2 is 1.73 bits per heavy atom. The van der Waals surface area contributed by atoms with Gasteiger partial charge >= 0.3 is 0 Å². The zero-order chi connectivity index (χ0) is 14.8. The van der Waals surface area contributed by atoms with Gasteiger partial charge in [0.25, 0.3) is 0 Å². The minimum atomic E-state index is -1.41. The average molecular weight is 349 g/mol. The topological polar surface area (TPSA) is 15.3 Å². The van der Waals surface area contributed by atoms with Crippen LogP contribution in [0.15, 0.2) is 29.6 Å². The molecule has 0 aliphatic carbocycles. The Morgan fingerprint density at radius 1 is 1.09 bits per heavy atom. The third-order valence-electron chi connectivity index (χ3n) is 3.65. The lowest BCUT2D eigenvalue weighted by atomic mass is 10.0. The number of nitrogens with zero attached hydrogens (tertiary/aromatic N) is 1. The summed E-state index contributed by atoms with van der Waals surface area (Å²) in [6.45, 7) is 3.22. The van der Waals surface area contributed by atoms with Crippen LogP contribution in [0.25, 0.3) is 0 Å². The van der Waals surface area contributed by atoms with Crippen molar-refractivity contribution in [2.45, 2.75) is 6.04 Å². The number of hydrogen-bond donors (Lipinski definition) is 1. The van der Waals surface area contributed by atoms with E-state index in [0.29, 0.717) is 5.56 Å². The van der Waals surface area contributed by atoms with Gasteiger partial charge in [0.05, 0.1) is 6.04 Å². The first-order chi connectivity index (χ1) is 10.2. The molecular weight excluding hydrogens is 333 g/mol. The van der Waals surface area contributed by atoms with Crippen molar-refractivity contribution in [1.82, 2.24) is 10.2 Å². The SMILES string of the molecule is Cl.Fc1cc([C@H](c2cccs2)N2CCNCC2)cc(F)c1F. The second-order valence-electron chi connectivity index (χ2n) is 5.00. The Morgan fingerprint density at radius 3 is 2.27 bits per heavy atom. The maximum Gasteiger partial charge on any atom is 0.194 e. The minimum Gasteiger partial charge on any atom is -0.314 e. The fourth-order valence-electron chi connectivity index (χ4n) is 2.68. The maximum atomic E-state index is 13.6. The van der Waals surface area contributed by atoms with Gasteiger partial charge in [0.1, 0.15) is 0 Å². The van der Waals surface area contributed by atoms with E-state index >= 15 is 0 Å². The predicted molar refractivity (Wildman–Crippen MR) is 84.2 cm³/mol. The number of benzene rings is 1. The smallest absolute Gasteiger partial charge is 0.194 e. The van der Waals surface area contributed by atoms with E-state index in [-0.39, 0.29) is 18.4 Å². The van der Waals surface area contributed by atoms with E-state index in [9.17, 15) is 13.2 Å². The number of rotatable bonds is 3. The van der Waals surface area contributed by atoms with Crippen LogP contribution in [-0.4, -0.2) is 31.1 Å². The molecule has 0 radical (unpaired) electrons. The van der Waals surface area contributed by atoms with Crippen molar-refractivity contribution in [2.24, 2.45) is 0 Å². The highest BCUT2D eigenvalue weighted by atomic mass is 35.5. The van der Waals surface area contributed by atoms with Crippen molar-refractivity contribution in [3.8, 4) is 0 Å². The van der Waals surface area contributed by atoms with Crippen LogP contribution in [0.2, 0.25) is 0 Å². The molecule has 0 bridgehead atoms. The second-order valence-corrected chi connectivity index (χ2v) is 5.98. The molecule has 1 aliphatic rings. The van der Waals surface area contributed by atoms with Crippen LogP contribution in [0.3, 0.4) is 0 Å². The predicted octanol–water partition coefficient (Wildman–Crippen LogP) is 3.58. The first-order valence-electron chi connectivity index (χ1n) is 6.79. The first-order valence-corrected chi connectivity index (χ1v) is 7.67. The van der Waals surface area contributed by atoms with Crippen molar-refractivity contribution < 1.29 is 13.2 Å². The molecule has 0 unspecified atom stereocenters. The quantitative estimate of drug-likeness (QED) is 0.853. The molecule has 2 nitrogen and oxygen atoms in total. The first kappa shape index (κ1) is 17.3. The highest BCUT2D eigenvalue weighted by Crippen LogP contribution is 2.33. The Balaban J connectivity index is 0.00000176. The van der Waals surface area contributed by atoms with Crippen molar-refractivity contribution in [3.63, 3.8) is 0 Å². The van der Waals surface area contributed by atoms with Crippen LogP contribution in [0.4, 0.5) is 13.2 Å². The van der Waals surface area contributed by atoms with Gasteiger partial charge in [-0.1, -0.05) is 6.07 Å². The van der Waals surface area contributed by atoms with Crippen LogP contribution < -0.4 is 5.32 Å². The lowest BCUT2D eigenvalue weighted by molar-refractivity contribution is 0.200. The molecule has 120 valence electrons. The molecule has 22 heavy (non-hydrogen) atoms. The summed E-state index contributed by atoms with van der Waals surface area (Å²) < 4.78 is 40.3. The highest BCUT2D eigenvalue weighted by Gasteiger charge is 2.26. The van der Waals surface area contributed by atoms with Crippen LogP contribution in [0.1, 0.15) is 16.5 Å². The Kier molecular flexibility index (Phi) is 5.86. The third-order valence-corrected chi connectivity index (χ3v) is 4.58. The molecule has 3 rings (SSSR count). The fourth-order valence-corrected chi connectivity index (χ4v) is 3.56. The van der Waals surface area contributed by atoms with Crippen molar-refractivity contribution in [1.29, 1.82) is 0 Å². The summed E-state index contributed by atoms with van der Waals surface area (Å²) in [5, 5.41) is 5.18. The van der Waals surface area contributed by atoms with E-state index in [1.54, 1.807) is 0 Å². The molecule has 1 atom stereocenters. The van der Waals surface area contributed by atoms with Gasteiger partial charge in [-0.3, -0.25) is 4.90 Å². The summed E-state index contributed by atoms with van der Waals surface area (Å²) in [4.78, 5) is 3.16. The van der Waals surface area contributed by atoms with E-state index in [0.717, 1.165) is 43.2 Å². The molecule has 1 aliphatic heterocycles. The van der Waals surface area contributed by atoms with Gasteiger partial charge in [-0.2, -0.15) is 0 Å². The Hall–Kier alpha value is -1.08. The summed E-state index contributed by atoms with van der Waals surface area (Å²) in [6, 6.07) is 5.81. The largest absolute Gasteiger partial charge is 0.314 e. The Labute approximate surface area is 137 Å². The third kappa shape index (κ3) is 3.46. The van der Waals surface area contributed by atoms with Crippen molar-refractivity contribution >= 4 is 23.7 Å². The van der Waals surface area contributed by atoms with E-state index in [4.69, 9.17) is 0 Å². The zero-order valence-corrected chi connectivity index (χ0v) is 13.3. The van der Waals surface area contributed by atoms with Crippen molar-refractivity contribution in [2.75, 3.05) is 26.2 Å². The number of piperazine rings is 1. The highest BCUT2D eigenvalue weighted by molar-refractivity contribution is 7.10.